The van der Waals surface area contributed by atoms with Crippen molar-refractivity contribution >= 4 is 27.5 Å². The summed E-state index contributed by atoms with van der Waals surface area (Å²) in [5.41, 5.74) is 1.35. The third-order valence-corrected chi connectivity index (χ3v) is 5.47. The summed E-state index contributed by atoms with van der Waals surface area (Å²) in [6.07, 6.45) is -1.75. The summed E-state index contributed by atoms with van der Waals surface area (Å²) < 4.78 is 40.3. The smallest absolute Gasteiger partial charge is 0.306 e. The highest BCUT2D eigenvalue weighted by Crippen LogP contribution is 2.41. The van der Waals surface area contributed by atoms with Crippen LogP contribution in [0.15, 0.2) is 53.1 Å². The van der Waals surface area contributed by atoms with Crippen LogP contribution in [0.1, 0.15) is 31.4 Å². The molecule has 0 saturated heterocycles. The molecule has 0 radical (unpaired) electrons. The van der Waals surface area contributed by atoms with E-state index in [0.717, 1.165) is 4.47 Å². The Bertz CT molecular complexity index is 765. The Kier molecular flexibility index (Phi) is 6.19. The van der Waals surface area contributed by atoms with E-state index >= 15 is 0 Å². The summed E-state index contributed by atoms with van der Waals surface area (Å²) in [5, 5.41) is 0. The first-order chi connectivity index (χ1) is 12.8. The molecular formula is C20H20BrF3N2O. The van der Waals surface area contributed by atoms with Crippen molar-refractivity contribution in [1.82, 2.24) is 4.98 Å². The normalized spacial score (nSPS) is 20.3. The number of benzene rings is 1. The number of hydrogen-bond donors (Lipinski definition) is 0. The first-order valence-electron chi connectivity index (χ1n) is 8.88. The van der Waals surface area contributed by atoms with Gasteiger partial charge in [0.1, 0.15) is 0 Å². The summed E-state index contributed by atoms with van der Waals surface area (Å²) in [5.74, 6) is -2.29. The van der Waals surface area contributed by atoms with Gasteiger partial charge in [-0.2, -0.15) is 13.2 Å². The minimum Gasteiger partial charge on any atom is -0.306 e. The number of alkyl halides is 3. The summed E-state index contributed by atoms with van der Waals surface area (Å²) in [6, 6.07) is 12.6. The van der Waals surface area contributed by atoms with E-state index in [2.05, 4.69) is 20.9 Å². The lowest BCUT2D eigenvalue weighted by Crippen LogP contribution is -2.40. The molecule has 7 heteroatoms. The van der Waals surface area contributed by atoms with Crippen molar-refractivity contribution in [3.05, 3.63) is 58.8 Å². The van der Waals surface area contributed by atoms with Crippen LogP contribution in [0, 0.1) is 11.8 Å². The number of carbonyl (C=O) groups is 1. The molecule has 0 aliphatic heterocycles. The van der Waals surface area contributed by atoms with Gasteiger partial charge in [0.05, 0.1) is 18.2 Å². The second-order valence-corrected chi connectivity index (χ2v) is 7.74. The second kappa shape index (κ2) is 8.42. The molecule has 1 saturated carbocycles. The van der Waals surface area contributed by atoms with Crippen LogP contribution in [0.5, 0.6) is 0 Å². The second-order valence-electron chi connectivity index (χ2n) is 6.82. The summed E-state index contributed by atoms with van der Waals surface area (Å²) in [7, 11) is 0. The van der Waals surface area contributed by atoms with Gasteiger partial charge in [-0.3, -0.25) is 9.78 Å². The quantitative estimate of drug-likeness (QED) is 0.606. The van der Waals surface area contributed by atoms with Crippen molar-refractivity contribution in [1.29, 1.82) is 0 Å². The number of aromatic nitrogens is 1. The highest BCUT2D eigenvalue weighted by atomic mass is 79.9. The van der Waals surface area contributed by atoms with E-state index in [9.17, 15) is 18.0 Å². The minimum atomic E-state index is -4.25. The van der Waals surface area contributed by atoms with Gasteiger partial charge >= 0.3 is 6.18 Å². The van der Waals surface area contributed by atoms with Crippen LogP contribution in [-0.2, 0) is 11.3 Å². The Morgan fingerprint density at radius 2 is 1.89 bits per heavy atom. The van der Waals surface area contributed by atoms with Gasteiger partial charge in [-0.15, -0.1) is 0 Å². The fourth-order valence-corrected chi connectivity index (χ4v) is 3.77. The molecule has 0 bridgehead atoms. The highest BCUT2D eigenvalue weighted by Gasteiger charge is 2.44. The molecular weight excluding hydrogens is 421 g/mol. The minimum absolute atomic E-state index is 0.103. The molecule has 2 unspecified atom stereocenters. The van der Waals surface area contributed by atoms with Crippen LogP contribution in [0.3, 0.4) is 0 Å². The summed E-state index contributed by atoms with van der Waals surface area (Å²) in [6.45, 7) is 0.231. The molecule has 144 valence electrons. The number of hydrogen-bond acceptors (Lipinski definition) is 2. The Morgan fingerprint density at radius 3 is 2.52 bits per heavy atom. The van der Waals surface area contributed by atoms with E-state index in [1.165, 1.54) is 0 Å². The summed E-state index contributed by atoms with van der Waals surface area (Å²) >= 11 is 3.36. The molecule has 1 aliphatic rings. The van der Waals surface area contributed by atoms with Crippen LogP contribution in [0.2, 0.25) is 0 Å². The van der Waals surface area contributed by atoms with Crippen molar-refractivity contribution in [2.24, 2.45) is 11.8 Å². The molecule has 1 aromatic carbocycles. The van der Waals surface area contributed by atoms with E-state index in [0.29, 0.717) is 24.2 Å². The third-order valence-electron chi connectivity index (χ3n) is 4.94. The predicted molar refractivity (Wildman–Crippen MR) is 101 cm³/mol. The van der Waals surface area contributed by atoms with Gasteiger partial charge in [0.25, 0.3) is 0 Å². The molecule has 3 nitrogen and oxygen atoms in total. The fourth-order valence-electron chi connectivity index (χ4n) is 3.50. The SMILES string of the molecule is O=C(C1CCCC(C(F)(F)F)C1)N(Cc1ccccn1)c1ccc(Br)cc1. The molecule has 0 spiro atoms. The lowest BCUT2D eigenvalue weighted by Gasteiger charge is -2.33. The number of carbonyl (C=O) groups excluding carboxylic acids is 1. The molecule has 1 amide bonds. The Labute approximate surface area is 164 Å². The molecule has 1 fully saturated rings. The largest absolute Gasteiger partial charge is 0.391 e. The fraction of sp³-hybridized carbons (Fsp3) is 0.400. The van der Waals surface area contributed by atoms with Gasteiger partial charge in [0.2, 0.25) is 5.91 Å². The first kappa shape index (κ1) is 19.9. The predicted octanol–water partition coefficient (Wildman–Crippen LogP) is 5.75. The average Bonchev–Trinajstić information content (AvgIpc) is 2.67. The maximum atomic E-state index is 13.2. The van der Waals surface area contributed by atoms with Crippen LogP contribution in [0.4, 0.5) is 18.9 Å². The maximum Gasteiger partial charge on any atom is 0.391 e. The zero-order chi connectivity index (χ0) is 19.4. The molecule has 1 aromatic heterocycles. The standard InChI is InChI=1S/C20H20BrF3N2O/c21-16-7-9-18(10-8-16)26(13-17-6-1-2-11-25-17)19(27)14-4-3-5-15(12-14)20(22,23)24/h1-2,6-11,14-15H,3-5,12-13H2. The number of halogens is 4. The lowest BCUT2D eigenvalue weighted by atomic mass is 9.80. The molecule has 1 heterocycles. The maximum absolute atomic E-state index is 13.2. The number of amides is 1. The molecule has 2 aromatic rings. The molecule has 3 rings (SSSR count). The average molecular weight is 441 g/mol. The zero-order valence-corrected chi connectivity index (χ0v) is 16.2. The third kappa shape index (κ3) is 5.09. The van der Waals surface area contributed by atoms with Gasteiger partial charge in [-0.1, -0.05) is 28.4 Å². The van der Waals surface area contributed by atoms with Gasteiger partial charge in [0.15, 0.2) is 0 Å². The van der Waals surface area contributed by atoms with Crippen molar-refractivity contribution < 1.29 is 18.0 Å². The van der Waals surface area contributed by atoms with E-state index in [4.69, 9.17) is 0 Å². The first-order valence-corrected chi connectivity index (χ1v) is 9.67. The summed E-state index contributed by atoms with van der Waals surface area (Å²) in [4.78, 5) is 19.0. The van der Waals surface area contributed by atoms with Crippen LogP contribution < -0.4 is 4.90 Å². The van der Waals surface area contributed by atoms with Crippen molar-refractivity contribution in [2.75, 3.05) is 4.90 Å². The number of pyridine rings is 1. The number of nitrogens with zero attached hydrogens (tertiary/aromatic N) is 2. The molecule has 27 heavy (non-hydrogen) atoms. The Balaban J connectivity index is 1.85. The van der Waals surface area contributed by atoms with E-state index in [1.54, 1.807) is 35.4 Å². The van der Waals surface area contributed by atoms with Crippen LogP contribution in [0.25, 0.3) is 0 Å². The Hall–Kier alpha value is -1.89. The van der Waals surface area contributed by atoms with E-state index in [1.807, 2.05) is 18.2 Å². The van der Waals surface area contributed by atoms with Crippen molar-refractivity contribution in [3.63, 3.8) is 0 Å². The molecule has 0 N–H and O–H groups in total. The van der Waals surface area contributed by atoms with Crippen LogP contribution >= 0.6 is 15.9 Å². The number of anilines is 1. The van der Waals surface area contributed by atoms with Crippen molar-refractivity contribution in [3.8, 4) is 0 Å². The van der Waals surface area contributed by atoms with Crippen molar-refractivity contribution in [2.45, 2.75) is 38.4 Å². The van der Waals surface area contributed by atoms with E-state index < -0.39 is 18.0 Å². The topological polar surface area (TPSA) is 33.2 Å². The van der Waals surface area contributed by atoms with Gasteiger partial charge < -0.3 is 4.90 Å². The number of rotatable bonds is 4. The lowest BCUT2D eigenvalue weighted by molar-refractivity contribution is -0.186. The Morgan fingerprint density at radius 1 is 1.15 bits per heavy atom. The highest BCUT2D eigenvalue weighted by molar-refractivity contribution is 9.10. The zero-order valence-electron chi connectivity index (χ0n) is 14.6. The van der Waals surface area contributed by atoms with Gasteiger partial charge in [-0.25, -0.2) is 0 Å². The molecule has 1 aliphatic carbocycles. The van der Waals surface area contributed by atoms with Gasteiger partial charge in [0, 0.05) is 22.3 Å². The van der Waals surface area contributed by atoms with Crippen LogP contribution in [-0.4, -0.2) is 17.1 Å². The van der Waals surface area contributed by atoms with Gasteiger partial charge in [-0.05, 0) is 55.7 Å². The molecule has 2 atom stereocenters. The monoisotopic (exact) mass is 440 g/mol. The van der Waals surface area contributed by atoms with E-state index in [-0.39, 0.29) is 25.3 Å².